The van der Waals surface area contributed by atoms with Gasteiger partial charge in [0.25, 0.3) is 0 Å². The minimum atomic E-state index is -1.13. The van der Waals surface area contributed by atoms with Crippen molar-refractivity contribution in [3.8, 4) is 33.6 Å². The van der Waals surface area contributed by atoms with Crippen molar-refractivity contribution >= 4 is 12.0 Å². The Morgan fingerprint density at radius 2 is 1.35 bits per heavy atom. The van der Waals surface area contributed by atoms with E-state index in [0.717, 1.165) is 57.6 Å². The molecule has 57 heavy (non-hydrogen) atoms. The van der Waals surface area contributed by atoms with Crippen molar-refractivity contribution in [3.05, 3.63) is 144 Å². The van der Waals surface area contributed by atoms with E-state index < -0.39 is 30.1 Å². The largest absolute Gasteiger partial charge is 0.444 e. The number of benzene rings is 4. The van der Waals surface area contributed by atoms with Gasteiger partial charge in [-0.3, -0.25) is 14.6 Å². The molecular formula is C45H44FN7O4. The Labute approximate surface area is 330 Å². The SMILES string of the molecule is CN(C)C(C(=O)N1CC(F)CC1c1ncc(-c2ccc(-c3ccc(-c4cnc(C5COC6(CC6)N5C(=O)OCc5ccccc5)[nH]4)cc3)cc2)[nH]1)c1ccccc1. The molecule has 2 aromatic heterocycles. The van der Waals surface area contributed by atoms with Crippen LogP contribution in [0.2, 0.25) is 0 Å². The fourth-order valence-electron chi connectivity index (χ4n) is 8.17. The summed E-state index contributed by atoms with van der Waals surface area (Å²) in [6.07, 6.45) is 3.76. The van der Waals surface area contributed by atoms with Crippen LogP contribution < -0.4 is 0 Å². The van der Waals surface area contributed by atoms with Gasteiger partial charge in [-0.05, 0) is 47.5 Å². The molecule has 6 aromatic rings. The maximum atomic E-state index is 14.9. The van der Waals surface area contributed by atoms with Crippen LogP contribution in [0.5, 0.6) is 0 Å². The van der Waals surface area contributed by atoms with Crippen LogP contribution in [0.3, 0.4) is 0 Å². The van der Waals surface area contributed by atoms with E-state index >= 15 is 0 Å². The number of imidazole rings is 2. The number of carbonyl (C=O) groups excluding carboxylic acids is 2. The number of hydrogen-bond acceptors (Lipinski definition) is 7. The summed E-state index contributed by atoms with van der Waals surface area (Å²) >= 11 is 0. The highest BCUT2D eigenvalue weighted by Crippen LogP contribution is 2.52. The van der Waals surface area contributed by atoms with E-state index in [1.807, 2.05) is 104 Å². The lowest BCUT2D eigenvalue weighted by Crippen LogP contribution is -2.40. The van der Waals surface area contributed by atoms with Gasteiger partial charge in [-0.1, -0.05) is 109 Å². The van der Waals surface area contributed by atoms with Gasteiger partial charge in [-0.25, -0.2) is 19.2 Å². The Balaban J connectivity index is 0.862. The first-order chi connectivity index (χ1) is 27.8. The molecule has 4 aromatic carbocycles. The fourth-order valence-corrected chi connectivity index (χ4v) is 8.17. The van der Waals surface area contributed by atoms with Crippen molar-refractivity contribution in [3.63, 3.8) is 0 Å². The molecule has 4 atom stereocenters. The van der Waals surface area contributed by atoms with E-state index in [1.54, 1.807) is 22.2 Å². The summed E-state index contributed by atoms with van der Waals surface area (Å²) in [5, 5.41) is 0. The maximum absolute atomic E-state index is 14.9. The average Bonchev–Trinajstić information content (AvgIpc) is 3.67. The third kappa shape index (κ3) is 7.22. The molecule has 1 spiro atoms. The normalized spacial score (nSPS) is 20.3. The van der Waals surface area contributed by atoms with Gasteiger partial charge in [-0.15, -0.1) is 0 Å². The molecule has 9 rings (SSSR count). The first-order valence-corrected chi connectivity index (χ1v) is 19.4. The van der Waals surface area contributed by atoms with E-state index in [2.05, 4.69) is 44.2 Å². The number of halogens is 1. The molecule has 1 saturated carbocycles. The summed E-state index contributed by atoms with van der Waals surface area (Å²) in [6.45, 7) is 0.580. The van der Waals surface area contributed by atoms with E-state index in [1.165, 1.54) is 0 Å². The Bertz CT molecular complexity index is 2340. The molecule has 12 heteroatoms. The summed E-state index contributed by atoms with van der Waals surface area (Å²) < 4.78 is 26.8. The third-order valence-corrected chi connectivity index (χ3v) is 11.3. The summed E-state index contributed by atoms with van der Waals surface area (Å²) in [5.41, 5.74) is 6.81. The van der Waals surface area contributed by atoms with Gasteiger partial charge in [0, 0.05) is 19.3 Å². The minimum Gasteiger partial charge on any atom is -0.444 e. The topological polar surface area (TPSA) is 120 Å². The van der Waals surface area contributed by atoms with Crippen LogP contribution in [-0.2, 0) is 20.9 Å². The molecule has 0 radical (unpaired) electrons. The van der Waals surface area contributed by atoms with Gasteiger partial charge in [0.15, 0.2) is 0 Å². The molecule has 290 valence electrons. The summed E-state index contributed by atoms with van der Waals surface area (Å²) in [5.74, 6) is 1.10. The number of nitrogens with zero attached hydrogens (tertiary/aromatic N) is 5. The van der Waals surface area contributed by atoms with Crippen molar-refractivity contribution in [2.24, 2.45) is 0 Å². The molecule has 0 bridgehead atoms. The molecule has 1 aliphatic carbocycles. The van der Waals surface area contributed by atoms with Crippen molar-refractivity contribution in [1.82, 2.24) is 34.6 Å². The number of aromatic nitrogens is 4. The van der Waals surface area contributed by atoms with Gasteiger partial charge in [0.2, 0.25) is 5.91 Å². The molecule has 3 aliphatic rings. The highest BCUT2D eigenvalue weighted by molar-refractivity contribution is 5.84. The van der Waals surface area contributed by atoms with Crippen LogP contribution in [-0.4, -0.2) is 85.8 Å². The number of rotatable bonds is 10. The second kappa shape index (κ2) is 15.1. The lowest BCUT2D eigenvalue weighted by molar-refractivity contribution is -0.137. The number of likely N-dealkylation sites (N-methyl/N-ethyl adjacent to an activating group) is 1. The monoisotopic (exact) mass is 765 g/mol. The van der Waals surface area contributed by atoms with E-state index in [4.69, 9.17) is 9.47 Å². The molecule has 2 aliphatic heterocycles. The second-order valence-corrected chi connectivity index (χ2v) is 15.3. The quantitative estimate of drug-likeness (QED) is 0.144. The van der Waals surface area contributed by atoms with E-state index in [0.29, 0.717) is 18.3 Å². The number of H-pyrrole nitrogens is 2. The number of hydrogen-bond donors (Lipinski definition) is 2. The van der Waals surface area contributed by atoms with Crippen LogP contribution in [0, 0.1) is 0 Å². The van der Waals surface area contributed by atoms with Gasteiger partial charge in [-0.2, -0.15) is 0 Å². The highest BCUT2D eigenvalue weighted by Gasteiger charge is 2.60. The average molecular weight is 766 g/mol. The van der Waals surface area contributed by atoms with Crippen molar-refractivity contribution in [2.45, 2.75) is 55.9 Å². The third-order valence-electron chi connectivity index (χ3n) is 11.3. The number of carbonyl (C=O) groups is 2. The predicted molar refractivity (Wildman–Crippen MR) is 213 cm³/mol. The van der Waals surface area contributed by atoms with Gasteiger partial charge in [0.05, 0.1) is 43.0 Å². The molecule has 2 amide bonds. The number of likely N-dealkylation sites (tertiary alicyclic amines) is 1. The molecule has 11 nitrogen and oxygen atoms in total. The number of alkyl halides is 1. The Morgan fingerprint density at radius 1 is 0.807 bits per heavy atom. The summed E-state index contributed by atoms with van der Waals surface area (Å²) in [7, 11) is 3.73. The summed E-state index contributed by atoms with van der Waals surface area (Å²) in [6, 6.07) is 34.3. The standard InChI is InChI=1S/C45H44FN7O4/c1-51(2)40(34-11-7-4-8-12-34)43(54)52-26-35(46)23-38(52)41-47-24-36(49-41)32-17-13-30(14-18-32)31-15-19-33(20-16-31)37-25-48-42(50-37)39-28-57-45(21-22-45)53(39)44(55)56-27-29-9-5-3-6-10-29/h3-20,24-25,35,38-40H,21-23,26-28H2,1-2H3,(H,47,49)(H,48,50). The van der Waals surface area contributed by atoms with Crippen molar-refractivity contribution in [2.75, 3.05) is 27.2 Å². The molecular weight excluding hydrogens is 722 g/mol. The number of nitrogens with one attached hydrogen (secondary N) is 2. The first-order valence-electron chi connectivity index (χ1n) is 19.4. The van der Waals surface area contributed by atoms with E-state index in [-0.39, 0.29) is 31.5 Å². The highest BCUT2D eigenvalue weighted by atomic mass is 19.1. The van der Waals surface area contributed by atoms with Crippen LogP contribution >= 0.6 is 0 Å². The van der Waals surface area contributed by atoms with Crippen LogP contribution in [0.15, 0.2) is 122 Å². The van der Waals surface area contributed by atoms with Gasteiger partial charge in [0.1, 0.15) is 42.2 Å². The smallest absolute Gasteiger partial charge is 0.413 e. The minimum absolute atomic E-state index is 0.0342. The van der Waals surface area contributed by atoms with Gasteiger partial charge < -0.3 is 24.3 Å². The van der Waals surface area contributed by atoms with Crippen LogP contribution in [0.25, 0.3) is 33.6 Å². The lowest BCUT2D eigenvalue weighted by Gasteiger charge is -2.31. The molecule has 4 heterocycles. The number of ether oxygens (including phenoxy) is 2. The second-order valence-electron chi connectivity index (χ2n) is 15.3. The Hall–Kier alpha value is -6.11. The zero-order chi connectivity index (χ0) is 39.1. The number of amides is 2. The molecule has 2 N–H and O–H groups in total. The van der Waals surface area contributed by atoms with Crippen LogP contribution in [0.4, 0.5) is 9.18 Å². The summed E-state index contributed by atoms with van der Waals surface area (Å²) in [4.78, 5) is 48.6. The molecule has 2 saturated heterocycles. The Morgan fingerprint density at radius 3 is 1.91 bits per heavy atom. The zero-order valence-corrected chi connectivity index (χ0v) is 31.8. The van der Waals surface area contributed by atoms with Gasteiger partial charge >= 0.3 is 6.09 Å². The zero-order valence-electron chi connectivity index (χ0n) is 31.8. The molecule has 4 unspecified atom stereocenters. The Kier molecular flexibility index (Phi) is 9.67. The fraction of sp³-hybridized carbons (Fsp3) is 0.289. The molecule has 3 fully saturated rings. The van der Waals surface area contributed by atoms with Crippen LogP contribution in [0.1, 0.15) is 60.2 Å². The van der Waals surface area contributed by atoms with Crippen molar-refractivity contribution in [1.29, 1.82) is 0 Å². The first kappa shape index (κ1) is 36.5. The number of aromatic amines is 2. The maximum Gasteiger partial charge on any atom is 0.413 e. The lowest BCUT2D eigenvalue weighted by atomic mass is 10.0. The van der Waals surface area contributed by atoms with Crippen molar-refractivity contribution < 1.29 is 23.5 Å². The predicted octanol–water partition coefficient (Wildman–Crippen LogP) is 8.25. The van der Waals surface area contributed by atoms with E-state index in [9.17, 15) is 14.0 Å².